The quantitative estimate of drug-likeness (QED) is 0.567. The summed E-state index contributed by atoms with van der Waals surface area (Å²) in [7, 11) is 0.681. The highest BCUT2D eigenvalue weighted by Gasteiger charge is 2.20. The average molecular weight is 433 g/mol. The van der Waals surface area contributed by atoms with Crippen LogP contribution in [0.15, 0.2) is 71.6 Å². The van der Waals surface area contributed by atoms with Crippen LogP contribution in [-0.4, -0.2) is 23.6 Å². The minimum atomic E-state index is -0.951. The lowest BCUT2D eigenvalue weighted by Gasteiger charge is -2.25. The number of benzene rings is 3. The smallest absolute Gasteiger partial charge is 0.161 e. The van der Waals surface area contributed by atoms with Crippen LogP contribution in [0.1, 0.15) is 23.1 Å². The van der Waals surface area contributed by atoms with E-state index in [1.807, 2.05) is 60.7 Å². The molecule has 5 nitrogen and oxygen atoms in total. The number of hydrogen-bond donors (Lipinski definition) is 0. The van der Waals surface area contributed by atoms with Crippen LogP contribution in [0, 0.1) is 11.3 Å². The van der Waals surface area contributed by atoms with Crippen LogP contribution >= 0.6 is 0 Å². The van der Waals surface area contributed by atoms with Crippen molar-refractivity contribution in [2.75, 3.05) is 24.3 Å². The summed E-state index contributed by atoms with van der Waals surface area (Å²) in [6.45, 7) is 1.92. The first-order valence-corrected chi connectivity index (χ1v) is 11.5. The molecule has 4 rings (SSSR count). The van der Waals surface area contributed by atoms with Crippen LogP contribution in [0.3, 0.4) is 0 Å². The zero-order valence-corrected chi connectivity index (χ0v) is 18.2. The largest absolute Gasteiger partial charge is 0.493 e. The zero-order valence-electron chi connectivity index (χ0n) is 17.4. The van der Waals surface area contributed by atoms with Gasteiger partial charge in [-0.1, -0.05) is 30.3 Å². The third-order valence-electron chi connectivity index (χ3n) is 5.26. The number of para-hydroxylation sites is 1. The van der Waals surface area contributed by atoms with Gasteiger partial charge in [-0.3, -0.25) is 4.21 Å². The molecule has 0 aromatic heterocycles. The molecule has 3 aromatic carbocycles. The lowest BCUT2D eigenvalue weighted by Crippen LogP contribution is -2.23. The maximum absolute atomic E-state index is 12.5. The molecule has 1 aliphatic heterocycles. The van der Waals surface area contributed by atoms with E-state index in [1.165, 1.54) is 0 Å². The Balaban J connectivity index is 1.51. The summed E-state index contributed by atoms with van der Waals surface area (Å²) in [6.07, 6.45) is 0.890. The fourth-order valence-electron chi connectivity index (χ4n) is 3.73. The van der Waals surface area contributed by atoms with Gasteiger partial charge in [0.05, 0.1) is 40.1 Å². The van der Waals surface area contributed by atoms with E-state index in [-0.39, 0.29) is 0 Å². The Kier molecular flexibility index (Phi) is 6.54. The van der Waals surface area contributed by atoms with Crippen LogP contribution in [0.5, 0.6) is 11.5 Å². The normalized spacial score (nSPS) is 15.5. The number of fused-ring (bicyclic) bond motifs is 1. The number of ether oxygens (including phenoxy) is 2. The first-order valence-electron chi connectivity index (χ1n) is 10.2. The van der Waals surface area contributed by atoms with Crippen molar-refractivity contribution in [1.29, 1.82) is 5.26 Å². The lowest BCUT2D eigenvalue weighted by atomic mass is 10.1. The second kappa shape index (κ2) is 9.67. The monoisotopic (exact) mass is 432 g/mol. The molecule has 1 aliphatic rings. The molecule has 0 bridgehead atoms. The van der Waals surface area contributed by atoms with Crippen molar-refractivity contribution >= 4 is 16.5 Å². The Morgan fingerprint density at radius 3 is 2.74 bits per heavy atom. The number of hydrogen-bond acceptors (Lipinski definition) is 5. The van der Waals surface area contributed by atoms with Crippen molar-refractivity contribution < 1.29 is 13.7 Å². The van der Waals surface area contributed by atoms with E-state index in [0.29, 0.717) is 36.0 Å². The van der Waals surface area contributed by atoms with E-state index in [2.05, 4.69) is 11.0 Å². The number of anilines is 1. The molecule has 3 aromatic rings. The van der Waals surface area contributed by atoms with Gasteiger partial charge in [-0.15, -0.1) is 0 Å². The molecule has 158 valence electrons. The van der Waals surface area contributed by atoms with Crippen LogP contribution in [0.4, 0.5) is 5.69 Å². The van der Waals surface area contributed by atoms with Crippen LogP contribution < -0.4 is 14.4 Å². The van der Waals surface area contributed by atoms with E-state index < -0.39 is 10.8 Å². The van der Waals surface area contributed by atoms with Gasteiger partial charge in [-0.05, 0) is 53.9 Å². The average Bonchev–Trinajstić information content (AvgIpc) is 2.97. The second-order valence-electron chi connectivity index (χ2n) is 7.38. The first kappa shape index (κ1) is 21.0. The van der Waals surface area contributed by atoms with Crippen molar-refractivity contribution in [3.63, 3.8) is 0 Å². The number of rotatable bonds is 6. The summed E-state index contributed by atoms with van der Waals surface area (Å²) in [5.41, 5.74) is 3.68. The summed E-state index contributed by atoms with van der Waals surface area (Å²) in [5, 5.41) is 9.06. The van der Waals surface area contributed by atoms with Gasteiger partial charge in [-0.2, -0.15) is 5.26 Å². The molecule has 31 heavy (non-hydrogen) atoms. The zero-order chi connectivity index (χ0) is 21.6. The van der Waals surface area contributed by atoms with E-state index >= 15 is 0 Å². The molecular formula is C25H24N2O3S. The molecule has 0 N–H and O–H groups in total. The summed E-state index contributed by atoms with van der Waals surface area (Å²) >= 11 is 0. The van der Waals surface area contributed by atoms with Gasteiger partial charge in [0.25, 0.3) is 0 Å². The predicted octanol–water partition coefficient (Wildman–Crippen LogP) is 4.66. The molecule has 0 unspecified atom stereocenters. The number of nitriles is 1. The highest BCUT2D eigenvalue weighted by molar-refractivity contribution is 7.85. The minimum absolute atomic E-state index is 0.358. The Morgan fingerprint density at radius 2 is 1.90 bits per heavy atom. The Morgan fingerprint density at radius 1 is 1.03 bits per heavy atom. The van der Waals surface area contributed by atoms with Crippen molar-refractivity contribution in [3.05, 3.63) is 83.4 Å². The van der Waals surface area contributed by atoms with Crippen molar-refractivity contribution in [3.8, 4) is 17.6 Å². The van der Waals surface area contributed by atoms with Gasteiger partial charge in [0, 0.05) is 18.8 Å². The Labute approximate surface area is 185 Å². The molecule has 0 amide bonds. The molecule has 0 radical (unpaired) electrons. The fourth-order valence-corrected chi connectivity index (χ4v) is 5.01. The maximum Gasteiger partial charge on any atom is 0.161 e. The third-order valence-corrected chi connectivity index (χ3v) is 6.76. The van der Waals surface area contributed by atoms with Crippen LogP contribution in [0.25, 0.3) is 0 Å². The molecule has 0 spiro atoms. The van der Waals surface area contributed by atoms with Gasteiger partial charge in [-0.25, -0.2) is 0 Å². The Bertz CT molecular complexity index is 1140. The van der Waals surface area contributed by atoms with Gasteiger partial charge in [0.2, 0.25) is 0 Å². The molecular weight excluding hydrogens is 408 g/mol. The fraction of sp³-hybridized carbons (Fsp3) is 0.240. The van der Waals surface area contributed by atoms with E-state index in [4.69, 9.17) is 14.7 Å². The van der Waals surface area contributed by atoms with E-state index in [9.17, 15) is 4.21 Å². The van der Waals surface area contributed by atoms with Crippen LogP contribution in [-0.2, 0) is 24.0 Å². The summed E-state index contributed by atoms with van der Waals surface area (Å²) in [4.78, 5) is 3.19. The molecule has 6 heteroatoms. The van der Waals surface area contributed by atoms with Gasteiger partial charge >= 0.3 is 0 Å². The number of nitrogens with zero attached hydrogens (tertiary/aromatic N) is 2. The predicted molar refractivity (Wildman–Crippen MR) is 122 cm³/mol. The molecule has 0 saturated heterocycles. The highest BCUT2D eigenvalue weighted by atomic mass is 32.2. The maximum atomic E-state index is 12.5. The van der Waals surface area contributed by atoms with E-state index in [0.717, 1.165) is 34.7 Å². The topological polar surface area (TPSA) is 62.6 Å². The highest BCUT2D eigenvalue weighted by Crippen LogP contribution is 2.32. The first-order chi connectivity index (χ1) is 15.2. The SMILES string of the molecule is COc1cc(CN2CCC[S@](=O)c3ccccc32)ccc1OCc1cccc(C#N)c1. The van der Waals surface area contributed by atoms with Gasteiger partial charge in [0.15, 0.2) is 11.5 Å². The van der Waals surface area contributed by atoms with Crippen molar-refractivity contribution in [2.24, 2.45) is 0 Å². The molecule has 0 saturated carbocycles. The summed E-state index contributed by atoms with van der Waals surface area (Å²) in [5.74, 6) is 2.02. The van der Waals surface area contributed by atoms with Crippen molar-refractivity contribution in [2.45, 2.75) is 24.5 Å². The third kappa shape index (κ3) is 4.89. The van der Waals surface area contributed by atoms with Crippen LogP contribution in [0.2, 0.25) is 0 Å². The second-order valence-corrected chi connectivity index (χ2v) is 8.92. The molecule has 1 heterocycles. The molecule has 0 aliphatic carbocycles. The van der Waals surface area contributed by atoms with Gasteiger partial charge in [0.1, 0.15) is 6.61 Å². The summed E-state index contributed by atoms with van der Waals surface area (Å²) in [6, 6.07) is 23.4. The standard InChI is InChI=1S/C25H24N2O3S/c1-29-24-15-20(10-11-23(24)30-18-21-7-4-6-19(14-21)16-26)17-27-12-5-13-31(28)25-9-3-2-8-22(25)27/h2-4,6-11,14-15H,5,12-13,17-18H2,1H3/t31-/m0/s1. The molecule has 0 fully saturated rings. The lowest BCUT2D eigenvalue weighted by molar-refractivity contribution is 0.284. The van der Waals surface area contributed by atoms with Gasteiger partial charge < -0.3 is 14.4 Å². The Hall–Kier alpha value is -3.30. The number of methoxy groups -OCH3 is 1. The minimum Gasteiger partial charge on any atom is -0.493 e. The van der Waals surface area contributed by atoms with E-state index in [1.54, 1.807) is 13.2 Å². The summed E-state index contributed by atoms with van der Waals surface area (Å²) < 4.78 is 24.0. The molecule has 1 atom stereocenters. The van der Waals surface area contributed by atoms with Crippen molar-refractivity contribution in [1.82, 2.24) is 0 Å².